The van der Waals surface area contributed by atoms with Crippen molar-refractivity contribution in [2.75, 3.05) is 7.11 Å². The summed E-state index contributed by atoms with van der Waals surface area (Å²) in [6, 6.07) is 8.37. The minimum atomic E-state index is -0.972. The molecular weight excluding hydrogens is 356 g/mol. The summed E-state index contributed by atoms with van der Waals surface area (Å²) in [4.78, 5) is 31.7. The fraction of sp³-hybridized carbons (Fsp3) is 0.368. The number of carboxylic acids is 1. The third-order valence-electron chi connectivity index (χ3n) is 4.56. The summed E-state index contributed by atoms with van der Waals surface area (Å²) in [5, 5.41) is 9.68. The second-order valence-electron chi connectivity index (χ2n) is 7.01. The maximum absolute atomic E-state index is 11.8. The average molecular weight is 377 g/mol. The lowest BCUT2D eigenvalue weighted by Crippen LogP contribution is -2.44. The van der Waals surface area contributed by atoms with Crippen LogP contribution in [0.1, 0.15) is 48.8 Å². The predicted molar refractivity (Wildman–Crippen MR) is 97.3 cm³/mol. The molecule has 1 aromatic heterocycles. The van der Waals surface area contributed by atoms with Gasteiger partial charge in [0, 0.05) is 6.20 Å². The first-order chi connectivity index (χ1) is 12.1. The number of nitrogens with zero attached hydrogens (tertiary/aromatic N) is 2. The van der Waals surface area contributed by atoms with Crippen molar-refractivity contribution >= 4 is 23.5 Å². The highest BCUT2D eigenvalue weighted by Crippen LogP contribution is 2.49. The van der Waals surface area contributed by atoms with E-state index in [-0.39, 0.29) is 11.7 Å². The van der Waals surface area contributed by atoms with Gasteiger partial charge in [-0.25, -0.2) is 14.8 Å². The first-order valence-corrected chi connectivity index (χ1v) is 8.39. The molecule has 7 heteroatoms. The van der Waals surface area contributed by atoms with Crippen LogP contribution in [0.25, 0.3) is 0 Å². The molecule has 0 aliphatic heterocycles. The lowest BCUT2D eigenvalue weighted by molar-refractivity contribution is -0.139. The van der Waals surface area contributed by atoms with Crippen LogP contribution in [0, 0.1) is 5.41 Å². The molecule has 0 amide bonds. The molecule has 0 aliphatic rings. The molecule has 1 N–H and O–H groups in total. The van der Waals surface area contributed by atoms with Gasteiger partial charge in [-0.1, -0.05) is 32.9 Å². The lowest BCUT2D eigenvalue weighted by Gasteiger charge is -2.44. The zero-order valence-corrected chi connectivity index (χ0v) is 15.9. The Bertz CT molecular complexity index is 815. The summed E-state index contributed by atoms with van der Waals surface area (Å²) in [5.41, 5.74) is 0.124. The standard InChI is InChI=1S/C19H21ClN2O4/c1-18(2,3)19(11-15(23)24,14-9-10-21-17(20)22-14)13-7-5-12(6-8-13)16(25)26-4/h5-10H,11H2,1-4H3,(H,23,24). The number of halogens is 1. The van der Waals surface area contributed by atoms with Gasteiger partial charge in [-0.05, 0) is 40.8 Å². The zero-order chi connectivity index (χ0) is 19.5. The molecule has 1 unspecified atom stereocenters. The second-order valence-corrected chi connectivity index (χ2v) is 7.34. The molecule has 1 aromatic carbocycles. The summed E-state index contributed by atoms with van der Waals surface area (Å²) >= 11 is 5.98. The van der Waals surface area contributed by atoms with Gasteiger partial charge in [0.2, 0.25) is 5.28 Å². The lowest BCUT2D eigenvalue weighted by atomic mass is 9.59. The van der Waals surface area contributed by atoms with E-state index >= 15 is 0 Å². The van der Waals surface area contributed by atoms with Gasteiger partial charge in [0.05, 0.1) is 30.2 Å². The molecule has 0 spiro atoms. The molecule has 0 radical (unpaired) electrons. The van der Waals surface area contributed by atoms with Crippen LogP contribution in [0.4, 0.5) is 0 Å². The van der Waals surface area contributed by atoms with E-state index in [1.807, 2.05) is 20.8 Å². The summed E-state index contributed by atoms with van der Waals surface area (Å²) < 4.78 is 4.72. The Morgan fingerprint density at radius 1 is 1.15 bits per heavy atom. The van der Waals surface area contributed by atoms with Gasteiger partial charge in [-0.2, -0.15) is 0 Å². The quantitative estimate of drug-likeness (QED) is 0.631. The minimum absolute atomic E-state index is 0.0488. The molecule has 1 atom stereocenters. The van der Waals surface area contributed by atoms with Gasteiger partial charge >= 0.3 is 11.9 Å². The highest BCUT2D eigenvalue weighted by Gasteiger charge is 2.48. The SMILES string of the molecule is COC(=O)c1ccc(C(CC(=O)O)(c2ccnc(Cl)n2)C(C)(C)C)cc1. The number of carbonyl (C=O) groups is 2. The summed E-state index contributed by atoms with van der Waals surface area (Å²) in [5.74, 6) is -1.42. The van der Waals surface area contributed by atoms with Crippen molar-refractivity contribution in [3.8, 4) is 0 Å². The average Bonchev–Trinajstić information content (AvgIpc) is 2.58. The number of aliphatic carboxylic acids is 1. The molecule has 1 heterocycles. The normalized spacial score (nSPS) is 13.7. The molecule has 6 nitrogen and oxygen atoms in total. The molecule has 2 aromatic rings. The number of hydrogen-bond acceptors (Lipinski definition) is 5. The summed E-state index contributed by atoms with van der Waals surface area (Å²) in [7, 11) is 1.31. The molecule has 2 rings (SSSR count). The molecule has 26 heavy (non-hydrogen) atoms. The monoisotopic (exact) mass is 376 g/mol. The van der Waals surface area contributed by atoms with Crippen molar-refractivity contribution in [1.82, 2.24) is 9.97 Å². The molecule has 0 saturated carbocycles. The van der Waals surface area contributed by atoms with Crippen LogP contribution in [-0.2, 0) is 14.9 Å². The number of benzene rings is 1. The Morgan fingerprint density at radius 2 is 1.77 bits per heavy atom. The Kier molecular flexibility index (Phi) is 5.66. The van der Waals surface area contributed by atoms with E-state index in [2.05, 4.69) is 9.97 Å². The first kappa shape index (κ1) is 19.8. The number of carbonyl (C=O) groups excluding carboxylic acids is 1. The summed E-state index contributed by atoms with van der Waals surface area (Å²) in [6.45, 7) is 5.83. The fourth-order valence-electron chi connectivity index (χ4n) is 3.23. The van der Waals surface area contributed by atoms with Gasteiger partial charge in [0.15, 0.2) is 0 Å². The number of methoxy groups -OCH3 is 1. The minimum Gasteiger partial charge on any atom is -0.481 e. The maximum atomic E-state index is 11.8. The smallest absolute Gasteiger partial charge is 0.337 e. The highest BCUT2D eigenvalue weighted by atomic mass is 35.5. The zero-order valence-electron chi connectivity index (χ0n) is 15.1. The Labute approximate surface area is 157 Å². The van der Waals surface area contributed by atoms with E-state index in [0.717, 1.165) is 5.56 Å². The van der Waals surface area contributed by atoms with Gasteiger partial charge < -0.3 is 9.84 Å². The van der Waals surface area contributed by atoms with Gasteiger partial charge in [0.25, 0.3) is 0 Å². The van der Waals surface area contributed by atoms with Crippen LogP contribution >= 0.6 is 11.6 Å². The third-order valence-corrected chi connectivity index (χ3v) is 4.74. The van der Waals surface area contributed by atoms with Gasteiger partial charge in [-0.3, -0.25) is 4.79 Å². The Hall–Kier alpha value is -2.47. The second kappa shape index (κ2) is 7.41. The van der Waals surface area contributed by atoms with Crippen molar-refractivity contribution in [1.29, 1.82) is 0 Å². The van der Waals surface area contributed by atoms with Crippen molar-refractivity contribution < 1.29 is 19.4 Å². The van der Waals surface area contributed by atoms with Crippen molar-refractivity contribution in [2.45, 2.75) is 32.6 Å². The summed E-state index contributed by atoms with van der Waals surface area (Å²) in [6.07, 6.45) is 1.32. The van der Waals surface area contributed by atoms with Gasteiger partial charge in [0.1, 0.15) is 0 Å². The Morgan fingerprint density at radius 3 is 2.23 bits per heavy atom. The number of ether oxygens (including phenoxy) is 1. The van der Waals surface area contributed by atoms with Crippen LogP contribution in [0.3, 0.4) is 0 Å². The van der Waals surface area contributed by atoms with E-state index in [0.29, 0.717) is 11.3 Å². The van der Waals surface area contributed by atoms with Gasteiger partial charge in [-0.15, -0.1) is 0 Å². The van der Waals surface area contributed by atoms with E-state index in [4.69, 9.17) is 16.3 Å². The predicted octanol–water partition coefficient (Wildman–Crippen LogP) is 3.72. The highest BCUT2D eigenvalue weighted by molar-refractivity contribution is 6.28. The topological polar surface area (TPSA) is 89.4 Å². The third kappa shape index (κ3) is 3.70. The first-order valence-electron chi connectivity index (χ1n) is 8.01. The fourth-order valence-corrected chi connectivity index (χ4v) is 3.38. The van der Waals surface area contributed by atoms with Crippen LogP contribution in [0.2, 0.25) is 5.28 Å². The molecule has 0 aliphatic carbocycles. The number of carboxylic acid groups (broad SMARTS) is 1. The van der Waals surface area contributed by atoms with E-state index in [9.17, 15) is 14.7 Å². The Balaban J connectivity index is 2.74. The molecule has 0 bridgehead atoms. The van der Waals surface area contributed by atoms with E-state index in [1.54, 1.807) is 30.3 Å². The number of aromatic nitrogens is 2. The van der Waals surface area contributed by atoms with E-state index < -0.39 is 22.8 Å². The number of hydrogen-bond donors (Lipinski definition) is 1. The molecular formula is C19H21ClN2O4. The van der Waals surface area contributed by atoms with Crippen molar-refractivity contribution in [3.63, 3.8) is 0 Å². The van der Waals surface area contributed by atoms with Crippen LogP contribution in [0.15, 0.2) is 36.5 Å². The van der Waals surface area contributed by atoms with Crippen LogP contribution < -0.4 is 0 Å². The number of esters is 1. The van der Waals surface area contributed by atoms with E-state index in [1.165, 1.54) is 13.3 Å². The number of rotatable bonds is 5. The van der Waals surface area contributed by atoms with Crippen LogP contribution in [-0.4, -0.2) is 34.1 Å². The molecule has 0 saturated heterocycles. The molecule has 138 valence electrons. The largest absolute Gasteiger partial charge is 0.481 e. The van der Waals surface area contributed by atoms with Crippen molar-refractivity contribution in [3.05, 3.63) is 58.6 Å². The molecule has 0 fully saturated rings. The maximum Gasteiger partial charge on any atom is 0.337 e. The van der Waals surface area contributed by atoms with Crippen LogP contribution in [0.5, 0.6) is 0 Å². The van der Waals surface area contributed by atoms with Crippen molar-refractivity contribution in [2.24, 2.45) is 5.41 Å².